The molecule has 1 aliphatic heterocycles. The van der Waals surface area contributed by atoms with Crippen LogP contribution in [-0.2, 0) is 9.84 Å². The first-order chi connectivity index (χ1) is 7.96. The van der Waals surface area contributed by atoms with E-state index in [4.69, 9.17) is 5.11 Å². The summed E-state index contributed by atoms with van der Waals surface area (Å²) >= 11 is 0. The maximum atomic E-state index is 12.4. The molecule has 0 spiro atoms. The van der Waals surface area contributed by atoms with Gasteiger partial charge in [-0.2, -0.15) is 0 Å². The van der Waals surface area contributed by atoms with Gasteiger partial charge in [0.15, 0.2) is 9.84 Å². The zero-order valence-corrected chi connectivity index (χ0v) is 10.8. The zero-order chi connectivity index (χ0) is 12.6. The summed E-state index contributed by atoms with van der Waals surface area (Å²) in [4.78, 5) is 0.356. The lowest BCUT2D eigenvalue weighted by Gasteiger charge is -2.32. The molecule has 0 bridgehead atoms. The molecule has 0 amide bonds. The van der Waals surface area contributed by atoms with E-state index in [-0.39, 0.29) is 19.1 Å². The second kappa shape index (κ2) is 4.31. The molecule has 0 aliphatic carbocycles. The number of benzene rings is 1. The summed E-state index contributed by atoms with van der Waals surface area (Å²) in [5.74, 6) is 0. The number of nitrogens with one attached hydrogen (secondary N) is 1. The zero-order valence-electron chi connectivity index (χ0n) is 9.97. The van der Waals surface area contributed by atoms with Gasteiger partial charge in [0.05, 0.1) is 15.8 Å². The number of hydrogen-bond donors (Lipinski definition) is 2. The van der Waals surface area contributed by atoms with E-state index in [0.29, 0.717) is 10.6 Å². The van der Waals surface area contributed by atoms with Crippen molar-refractivity contribution in [3.05, 3.63) is 23.8 Å². The fraction of sp³-hybridized carbons (Fsp3) is 0.500. The molecular formula is C12H17NO3S. The van der Waals surface area contributed by atoms with E-state index in [1.54, 1.807) is 12.1 Å². The van der Waals surface area contributed by atoms with Crippen molar-refractivity contribution in [3.8, 4) is 0 Å². The van der Waals surface area contributed by atoms with Crippen molar-refractivity contribution in [2.24, 2.45) is 0 Å². The van der Waals surface area contributed by atoms with Crippen LogP contribution in [0.25, 0.3) is 0 Å². The molecule has 2 atom stereocenters. The van der Waals surface area contributed by atoms with Crippen LogP contribution in [0, 0.1) is 6.92 Å². The normalized spacial score (nSPS) is 26.1. The van der Waals surface area contributed by atoms with Crippen LogP contribution < -0.4 is 5.32 Å². The van der Waals surface area contributed by atoms with Crippen LogP contribution >= 0.6 is 0 Å². The minimum Gasteiger partial charge on any atom is -0.396 e. The SMILES string of the molecule is Cc1ccc2c(c1)S(=O)(=O)C(CCO)C(C)N2. The van der Waals surface area contributed by atoms with Crippen LogP contribution in [-0.4, -0.2) is 31.4 Å². The van der Waals surface area contributed by atoms with Crippen LogP contribution in [0.4, 0.5) is 5.69 Å². The molecule has 0 aromatic heterocycles. The molecule has 1 heterocycles. The van der Waals surface area contributed by atoms with E-state index in [9.17, 15) is 8.42 Å². The molecule has 2 rings (SSSR count). The number of aliphatic hydroxyl groups excluding tert-OH is 1. The lowest BCUT2D eigenvalue weighted by Crippen LogP contribution is -2.42. The average Bonchev–Trinajstić information content (AvgIpc) is 2.26. The maximum absolute atomic E-state index is 12.4. The van der Waals surface area contributed by atoms with Gasteiger partial charge in [-0.25, -0.2) is 8.42 Å². The van der Waals surface area contributed by atoms with Gasteiger partial charge in [-0.05, 0) is 38.0 Å². The third kappa shape index (κ3) is 2.05. The summed E-state index contributed by atoms with van der Waals surface area (Å²) in [5.41, 5.74) is 1.59. The van der Waals surface area contributed by atoms with Crippen molar-refractivity contribution in [3.63, 3.8) is 0 Å². The van der Waals surface area contributed by atoms with E-state index in [1.165, 1.54) is 0 Å². The van der Waals surface area contributed by atoms with Gasteiger partial charge in [0.25, 0.3) is 0 Å². The van der Waals surface area contributed by atoms with Crippen molar-refractivity contribution in [1.82, 2.24) is 0 Å². The smallest absolute Gasteiger partial charge is 0.185 e. The van der Waals surface area contributed by atoms with Gasteiger partial charge in [0.2, 0.25) is 0 Å². The Bertz CT molecular complexity index is 525. The Labute approximate surface area is 102 Å². The molecule has 0 radical (unpaired) electrons. The third-order valence-electron chi connectivity index (χ3n) is 3.20. The molecule has 0 saturated carbocycles. The first kappa shape index (κ1) is 12.4. The minimum absolute atomic E-state index is 0.114. The van der Waals surface area contributed by atoms with E-state index in [0.717, 1.165) is 5.56 Å². The summed E-state index contributed by atoms with van der Waals surface area (Å²) in [5, 5.41) is 11.6. The fourth-order valence-electron chi connectivity index (χ4n) is 2.29. The number of aryl methyl sites for hydroxylation is 1. The second-order valence-electron chi connectivity index (χ2n) is 4.53. The molecule has 17 heavy (non-hydrogen) atoms. The van der Waals surface area contributed by atoms with Gasteiger partial charge >= 0.3 is 0 Å². The van der Waals surface area contributed by atoms with Crippen molar-refractivity contribution < 1.29 is 13.5 Å². The lowest BCUT2D eigenvalue weighted by atomic mass is 10.1. The van der Waals surface area contributed by atoms with Gasteiger partial charge in [0, 0.05) is 12.6 Å². The Morgan fingerprint density at radius 1 is 1.41 bits per heavy atom. The first-order valence-electron chi connectivity index (χ1n) is 5.69. The van der Waals surface area contributed by atoms with E-state index < -0.39 is 15.1 Å². The molecule has 94 valence electrons. The highest BCUT2D eigenvalue weighted by Gasteiger charge is 2.37. The Morgan fingerprint density at radius 3 is 2.76 bits per heavy atom. The fourth-order valence-corrected chi connectivity index (χ4v) is 4.42. The summed E-state index contributed by atoms with van der Waals surface area (Å²) in [7, 11) is -3.34. The molecule has 1 aliphatic rings. The second-order valence-corrected chi connectivity index (χ2v) is 6.66. The summed E-state index contributed by atoms with van der Waals surface area (Å²) in [6, 6.07) is 5.20. The molecule has 1 aromatic carbocycles. The van der Waals surface area contributed by atoms with Crippen LogP contribution in [0.3, 0.4) is 0 Å². The van der Waals surface area contributed by atoms with E-state index in [2.05, 4.69) is 5.32 Å². The van der Waals surface area contributed by atoms with Crippen molar-refractivity contribution in [2.45, 2.75) is 36.5 Å². The van der Waals surface area contributed by atoms with Crippen LogP contribution in [0.5, 0.6) is 0 Å². The molecule has 5 heteroatoms. The van der Waals surface area contributed by atoms with Gasteiger partial charge in [0.1, 0.15) is 0 Å². The Kier molecular flexibility index (Phi) is 3.14. The quantitative estimate of drug-likeness (QED) is 0.836. The number of rotatable bonds is 2. The highest BCUT2D eigenvalue weighted by molar-refractivity contribution is 7.92. The van der Waals surface area contributed by atoms with Crippen LogP contribution in [0.1, 0.15) is 18.9 Å². The minimum atomic E-state index is -3.34. The third-order valence-corrected chi connectivity index (χ3v) is 5.59. The Hall–Kier alpha value is -1.07. The van der Waals surface area contributed by atoms with Gasteiger partial charge in [-0.15, -0.1) is 0 Å². The predicted octanol–water partition coefficient (Wildman–Crippen LogP) is 1.33. The first-order valence-corrected chi connectivity index (χ1v) is 7.23. The van der Waals surface area contributed by atoms with Crippen LogP contribution in [0.15, 0.2) is 23.1 Å². The van der Waals surface area contributed by atoms with Crippen molar-refractivity contribution in [1.29, 1.82) is 0 Å². The predicted molar refractivity (Wildman–Crippen MR) is 66.9 cm³/mol. The summed E-state index contributed by atoms with van der Waals surface area (Å²) in [6.45, 7) is 3.59. The monoisotopic (exact) mass is 255 g/mol. The number of sulfone groups is 1. The summed E-state index contributed by atoms with van der Waals surface area (Å²) < 4.78 is 24.8. The molecule has 4 nitrogen and oxygen atoms in total. The Morgan fingerprint density at radius 2 is 2.12 bits per heavy atom. The highest BCUT2D eigenvalue weighted by Crippen LogP contribution is 2.34. The van der Waals surface area contributed by atoms with Gasteiger partial charge < -0.3 is 10.4 Å². The lowest BCUT2D eigenvalue weighted by molar-refractivity contribution is 0.282. The number of fused-ring (bicyclic) bond motifs is 1. The van der Waals surface area contributed by atoms with Crippen LogP contribution in [0.2, 0.25) is 0 Å². The molecule has 0 saturated heterocycles. The van der Waals surface area contributed by atoms with E-state index in [1.807, 2.05) is 19.9 Å². The van der Waals surface area contributed by atoms with Gasteiger partial charge in [-0.3, -0.25) is 0 Å². The molecule has 1 aromatic rings. The summed E-state index contributed by atoms with van der Waals surface area (Å²) in [6.07, 6.45) is 0.268. The molecule has 2 unspecified atom stereocenters. The largest absolute Gasteiger partial charge is 0.396 e. The number of aliphatic hydroxyl groups is 1. The topological polar surface area (TPSA) is 66.4 Å². The molecule has 0 fully saturated rings. The van der Waals surface area contributed by atoms with Crippen molar-refractivity contribution in [2.75, 3.05) is 11.9 Å². The average molecular weight is 255 g/mol. The standard InChI is InChI=1S/C12H17NO3S/c1-8-3-4-10-12(7-8)17(15,16)11(5-6-14)9(2)13-10/h3-4,7,9,11,13-14H,5-6H2,1-2H3. The van der Waals surface area contributed by atoms with Gasteiger partial charge in [-0.1, -0.05) is 6.07 Å². The molecular weight excluding hydrogens is 238 g/mol. The molecule has 2 N–H and O–H groups in total. The highest BCUT2D eigenvalue weighted by atomic mass is 32.2. The van der Waals surface area contributed by atoms with E-state index >= 15 is 0 Å². The maximum Gasteiger partial charge on any atom is 0.185 e. The number of hydrogen-bond acceptors (Lipinski definition) is 4. The number of anilines is 1. The Balaban J connectivity index is 2.55. The van der Waals surface area contributed by atoms with Crippen molar-refractivity contribution >= 4 is 15.5 Å².